The van der Waals surface area contributed by atoms with E-state index >= 15 is 0 Å². The summed E-state index contributed by atoms with van der Waals surface area (Å²) in [6.07, 6.45) is 8.94. The molecule has 1 heterocycles. The average molecular weight is 398 g/mol. The molecular formula is C23H31N3O3. The maximum atomic E-state index is 12.7. The summed E-state index contributed by atoms with van der Waals surface area (Å²) in [7, 11) is 0. The number of hydrogen-bond donors (Lipinski definition) is 3. The molecule has 2 unspecified atom stereocenters. The number of hydrogen-bond acceptors (Lipinski definition) is 3. The van der Waals surface area contributed by atoms with Crippen LogP contribution in [0.25, 0.3) is 0 Å². The molecule has 1 aromatic rings. The van der Waals surface area contributed by atoms with Crippen molar-refractivity contribution >= 4 is 17.6 Å². The fraction of sp³-hybridized carbons (Fsp3) is 0.652. The molecule has 29 heavy (non-hydrogen) atoms. The Labute approximate surface area is 172 Å². The fourth-order valence-corrected chi connectivity index (χ4v) is 6.74. The Morgan fingerprint density at radius 1 is 0.966 bits per heavy atom. The van der Waals surface area contributed by atoms with Gasteiger partial charge in [0.25, 0.3) is 5.91 Å². The highest BCUT2D eigenvalue weighted by atomic mass is 16.3. The minimum atomic E-state index is -0.589. The third-order valence-electron chi connectivity index (χ3n) is 7.44. The van der Waals surface area contributed by atoms with Crippen molar-refractivity contribution in [3.8, 4) is 0 Å². The largest absolute Gasteiger partial charge is 0.390 e. The zero-order valence-corrected chi connectivity index (χ0v) is 17.0. The minimum Gasteiger partial charge on any atom is -0.390 e. The Balaban J connectivity index is 1.21. The molecule has 4 saturated carbocycles. The van der Waals surface area contributed by atoms with Crippen LogP contribution in [-0.2, 0) is 0 Å². The van der Waals surface area contributed by atoms with E-state index in [1.165, 1.54) is 12.8 Å². The predicted molar refractivity (Wildman–Crippen MR) is 111 cm³/mol. The van der Waals surface area contributed by atoms with Crippen LogP contribution in [0.2, 0.25) is 0 Å². The number of rotatable bonds is 3. The first-order valence-electron chi connectivity index (χ1n) is 11.1. The number of amides is 3. The Morgan fingerprint density at radius 3 is 2.24 bits per heavy atom. The molecule has 0 aromatic heterocycles. The number of anilines is 1. The molecule has 0 radical (unpaired) electrons. The highest BCUT2D eigenvalue weighted by molar-refractivity contribution is 5.95. The normalized spacial score (nSPS) is 35.4. The van der Waals surface area contributed by atoms with Crippen LogP contribution in [0.4, 0.5) is 10.5 Å². The maximum Gasteiger partial charge on any atom is 0.319 e. The van der Waals surface area contributed by atoms with Crippen molar-refractivity contribution in [2.45, 2.75) is 68.9 Å². The van der Waals surface area contributed by atoms with Gasteiger partial charge in [-0.3, -0.25) is 4.79 Å². The Hall–Kier alpha value is -2.08. The van der Waals surface area contributed by atoms with Gasteiger partial charge in [0.2, 0.25) is 0 Å². The lowest BCUT2D eigenvalue weighted by molar-refractivity contribution is -0.138. The highest BCUT2D eigenvalue weighted by Crippen LogP contribution is 2.57. The Kier molecular flexibility index (Phi) is 4.57. The van der Waals surface area contributed by atoms with Gasteiger partial charge >= 0.3 is 6.03 Å². The number of nitrogens with one attached hydrogen (secondary N) is 2. The van der Waals surface area contributed by atoms with Crippen molar-refractivity contribution in [2.75, 3.05) is 18.4 Å². The summed E-state index contributed by atoms with van der Waals surface area (Å²) in [5.41, 5.74) is 0.489. The van der Waals surface area contributed by atoms with Crippen LogP contribution in [-0.4, -0.2) is 46.2 Å². The van der Waals surface area contributed by atoms with E-state index in [4.69, 9.17) is 0 Å². The van der Waals surface area contributed by atoms with E-state index in [2.05, 4.69) is 10.6 Å². The van der Waals surface area contributed by atoms with Gasteiger partial charge in [0, 0.05) is 29.9 Å². The van der Waals surface area contributed by atoms with Crippen LogP contribution in [0, 0.1) is 11.8 Å². The van der Waals surface area contributed by atoms with E-state index in [1.54, 1.807) is 24.3 Å². The van der Waals surface area contributed by atoms with Gasteiger partial charge in [0.15, 0.2) is 0 Å². The van der Waals surface area contributed by atoms with Crippen LogP contribution >= 0.6 is 0 Å². The van der Waals surface area contributed by atoms with Crippen molar-refractivity contribution in [1.82, 2.24) is 10.2 Å². The topological polar surface area (TPSA) is 81.7 Å². The average Bonchev–Trinajstić information content (AvgIpc) is 2.66. The van der Waals surface area contributed by atoms with Gasteiger partial charge in [-0.1, -0.05) is 0 Å². The second-order valence-corrected chi connectivity index (χ2v) is 9.98. The zero-order valence-electron chi connectivity index (χ0n) is 17.0. The number of carbonyl (C=O) groups is 2. The molecule has 2 atom stereocenters. The third kappa shape index (κ3) is 3.75. The number of nitrogens with zero attached hydrogens (tertiary/aromatic N) is 1. The van der Waals surface area contributed by atoms with Gasteiger partial charge < -0.3 is 20.6 Å². The molecule has 0 spiro atoms. The molecule has 4 bridgehead atoms. The van der Waals surface area contributed by atoms with Gasteiger partial charge in [-0.25, -0.2) is 4.79 Å². The molecule has 6 rings (SSSR count). The molecule has 1 aromatic carbocycles. The molecule has 1 saturated heterocycles. The Bertz CT molecular complexity index is 786. The molecule has 1 aliphatic heterocycles. The molecular weight excluding hydrogens is 366 g/mol. The molecule has 3 N–H and O–H groups in total. The molecule has 5 fully saturated rings. The number of aliphatic hydroxyl groups is 1. The summed E-state index contributed by atoms with van der Waals surface area (Å²) in [4.78, 5) is 27.2. The second kappa shape index (κ2) is 7.01. The number of carbonyl (C=O) groups excluding carboxylic acids is 2. The lowest BCUT2D eigenvalue weighted by Crippen LogP contribution is -2.65. The molecule has 5 aliphatic rings. The minimum absolute atomic E-state index is 0.0718. The summed E-state index contributed by atoms with van der Waals surface area (Å²) < 4.78 is 0. The lowest BCUT2D eigenvalue weighted by atomic mass is 9.51. The van der Waals surface area contributed by atoms with Crippen LogP contribution < -0.4 is 10.6 Å². The monoisotopic (exact) mass is 397 g/mol. The van der Waals surface area contributed by atoms with Crippen molar-refractivity contribution in [1.29, 1.82) is 0 Å². The van der Waals surface area contributed by atoms with Crippen LogP contribution in [0.5, 0.6) is 0 Å². The van der Waals surface area contributed by atoms with E-state index in [0.717, 1.165) is 51.6 Å². The lowest BCUT2D eigenvalue weighted by Gasteiger charge is -2.60. The summed E-state index contributed by atoms with van der Waals surface area (Å²) in [6.45, 7) is 1.66. The predicted octanol–water partition coefficient (Wildman–Crippen LogP) is 3.52. The van der Waals surface area contributed by atoms with E-state index in [0.29, 0.717) is 29.5 Å². The highest BCUT2D eigenvalue weighted by Gasteiger charge is 2.57. The molecule has 6 heteroatoms. The SMILES string of the molecule is O=C(Nc1ccc(C(=O)N2CCCCC2)cc1)NC12CC3CC(CC(O)(C3)C1)C2. The summed E-state index contributed by atoms with van der Waals surface area (Å²) in [5.74, 6) is 1.13. The van der Waals surface area contributed by atoms with Gasteiger partial charge in [-0.05, 0) is 93.9 Å². The summed E-state index contributed by atoms with van der Waals surface area (Å²) in [5, 5.41) is 17.0. The standard InChI is InChI=1S/C23H31N3O3/c27-20(26-8-2-1-3-9-26)18-4-6-19(7-5-18)24-21(28)25-22-11-16-10-17(12-22)14-23(29,13-16)15-22/h4-7,16-17,29H,1-3,8-15H2,(H2,24,25,28). The van der Waals surface area contributed by atoms with Crippen molar-refractivity contribution in [2.24, 2.45) is 11.8 Å². The van der Waals surface area contributed by atoms with Crippen LogP contribution in [0.3, 0.4) is 0 Å². The van der Waals surface area contributed by atoms with Crippen molar-refractivity contribution < 1.29 is 14.7 Å². The molecule has 4 aliphatic carbocycles. The van der Waals surface area contributed by atoms with Crippen LogP contribution in [0.15, 0.2) is 24.3 Å². The van der Waals surface area contributed by atoms with Crippen LogP contribution in [0.1, 0.15) is 68.1 Å². The van der Waals surface area contributed by atoms with E-state index in [1.807, 2.05) is 4.90 Å². The smallest absolute Gasteiger partial charge is 0.319 e. The first-order valence-corrected chi connectivity index (χ1v) is 11.1. The fourth-order valence-electron chi connectivity index (χ4n) is 6.74. The maximum absolute atomic E-state index is 12.7. The first kappa shape index (κ1) is 18.9. The zero-order chi connectivity index (χ0) is 20.1. The van der Waals surface area contributed by atoms with E-state index in [-0.39, 0.29) is 17.5 Å². The van der Waals surface area contributed by atoms with Gasteiger partial charge in [0.1, 0.15) is 0 Å². The van der Waals surface area contributed by atoms with E-state index in [9.17, 15) is 14.7 Å². The third-order valence-corrected chi connectivity index (χ3v) is 7.44. The van der Waals surface area contributed by atoms with Gasteiger partial charge in [-0.15, -0.1) is 0 Å². The van der Waals surface area contributed by atoms with E-state index < -0.39 is 5.60 Å². The molecule has 156 valence electrons. The quantitative estimate of drug-likeness (QED) is 0.730. The number of benzene rings is 1. The first-order chi connectivity index (χ1) is 13.9. The molecule has 6 nitrogen and oxygen atoms in total. The van der Waals surface area contributed by atoms with Gasteiger partial charge in [0.05, 0.1) is 5.60 Å². The second-order valence-electron chi connectivity index (χ2n) is 9.98. The number of likely N-dealkylation sites (tertiary alicyclic amines) is 1. The van der Waals surface area contributed by atoms with Gasteiger partial charge in [-0.2, -0.15) is 0 Å². The Morgan fingerprint density at radius 2 is 1.62 bits per heavy atom. The van der Waals surface area contributed by atoms with Crippen molar-refractivity contribution in [3.63, 3.8) is 0 Å². The summed E-state index contributed by atoms with van der Waals surface area (Å²) >= 11 is 0. The summed E-state index contributed by atoms with van der Waals surface area (Å²) in [6, 6.07) is 6.96. The molecule has 3 amide bonds. The van der Waals surface area contributed by atoms with Crippen molar-refractivity contribution in [3.05, 3.63) is 29.8 Å². The number of piperidine rings is 1. The number of urea groups is 1.